The molecule has 94 valence electrons. The maximum atomic E-state index is 11.7. The summed E-state index contributed by atoms with van der Waals surface area (Å²) in [6, 6.07) is 13.5. The third-order valence-corrected chi connectivity index (χ3v) is 2.70. The van der Waals surface area contributed by atoms with Crippen LogP contribution in [0.5, 0.6) is 5.75 Å². The van der Waals surface area contributed by atoms with Crippen LogP contribution in [0.3, 0.4) is 0 Å². The topological polar surface area (TPSA) is 55.6 Å². The number of hydrogen-bond acceptors (Lipinski definition) is 3. The second kappa shape index (κ2) is 5.51. The number of carbonyl (C=O) groups is 1. The lowest BCUT2D eigenvalue weighted by molar-refractivity contribution is 0.164. The molecule has 2 N–H and O–H groups in total. The van der Waals surface area contributed by atoms with Crippen LogP contribution in [0.4, 0.5) is 4.79 Å². The van der Waals surface area contributed by atoms with Crippen molar-refractivity contribution in [2.24, 2.45) is 5.73 Å². The normalized spacial score (nSPS) is 10.3. The van der Waals surface area contributed by atoms with E-state index in [0.29, 0.717) is 18.8 Å². The monoisotopic (exact) mass is 244 g/mol. The zero-order valence-corrected chi connectivity index (χ0v) is 10.3. The molecule has 0 radical (unpaired) electrons. The Morgan fingerprint density at radius 2 is 1.94 bits per heavy atom. The Balaban J connectivity index is 2.14. The van der Waals surface area contributed by atoms with Crippen LogP contribution < -0.4 is 10.5 Å². The Bertz CT molecular complexity index is 554. The number of carbonyl (C=O) groups excluding carboxylic acids is 1. The predicted octanol–water partition coefficient (Wildman–Crippen LogP) is 2.23. The van der Waals surface area contributed by atoms with E-state index >= 15 is 0 Å². The summed E-state index contributed by atoms with van der Waals surface area (Å²) in [5, 5.41) is 2.16. The number of nitrogens with two attached hydrogens (primary N) is 1. The van der Waals surface area contributed by atoms with Crippen LogP contribution in [0.2, 0.25) is 0 Å². The molecule has 0 bridgehead atoms. The standard InChI is InChI=1S/C14H16N2O2/c1-16(9-8-15)14(17)18-13-7-6-11-4-2-3-5-12(11)10-13/h2-7,10H,8-9,15H2,1H3. The minimum atomic E-state index is -0.393. The van der Waals surface area contributed by atoms with E-state index in [1.807, 2.05) is 36.4 Å². The van der Waals surface area contributed by atoms with Crippen LogP contribution in [-0.2, 0) is 0 Å². The first kappa shape index (κ1) is 12.4. The summed E-state index contributed by atoms with van der Waals surface area (Å²) < 4.78 is 5.27. The fraction of sp³-hybridized carbons (Fsp3) is 0.214. The van der Waals surface area contributed by atoms with Crippen LogP contribution >= 0.6 is 0 Å². The van der Waals surface area contributed by atoms with Crippen molar-refractivity contribution in [3.05, 3.63) is 42.5 Å². The fourth-order valence-corrected chi connectivity index (χ4v) is 1.69. The number of nitrogens with zero attached hydrogens (tertiary/aromatic N) is 1. The Labute approximate surface area is 106 Å². The SMILES string of the molecule is CN(CCN)C(=O)Oc1ccc2ccccc2c1. The largest absolute Gasteiger partial charge is 0.415 e. The summed E-state index contributed by atoms with van der Waals surface area (Å²) in [5.74, 6) is 0.544. The van der Waals surface area contributed by atoms with E-state index in [1.165, 1.54) is 4.90 Å². The van der Waals surface area contributed by atoms with Gasteiger partial charge >= 0.3 is 6.09 Å². The van der Waals surface area contributed by atoms with Gasteiger partial charge in [-0.25, -0.2) is 4.79 Å². The minimum Gasteiger partial charge on any atom is -0.410 e. The minimum absolute atomic E-state index is 0.393. The van der Waals surface area contributed by atoms with Crippen LogP contribution in [0.25, 0.3) is 10.8 Å². The number of hydrogen-bond donors (Lipinski definition) is 1. The number of likely N-dealkylation sites (N-methyl/N-ethyl adjacent to an activating group) is 1. The molecule has 0 aliphatic heterocycles. The van der Waals surface area contributed by atoms with Crippen LogP contribution in [0, 0.1) is 0 Å². The van der Waals surface area contributed by atoms with E-state index in [0.717, 1.165) is 10.8 Å². The van der Waals surface area contributed by atoms with Crippen molar-refractivity contribution >= 4 is 16.9 Å². The molecule has 0 saturated carbocycles. The van der Waals surface area contributed by atoms with E-state index in [1.54, 1.807) is 13.1 Å². The third kappa shape index (κ3) is 2.78. The van der Waals surface area contributed by atoms with Gasteiger partial charge in [0.2, 0.25) is 0 Å². The summed E-state index contributed by atoms with van der Waals surface area (Å²) >= 11 is 0. The highest BCUT2D eigenvalue weighted by atomic mass is 16.6. The highest BCUT2D eigenvalue weighted by Crippen LogP contribution is 2.20. The van der Waals surface area contributed by atoms with Gasteiger partial charge in [0.25, 0.3) is 0 Å². The highest BCUT2D eigenvalue weighted by molar-refractivity contribution is 5.84. The second-order valence-electron chi connectivity index (χ2n) is 4.09. The second-order valence-corrected chi connectivity index (χ2v) is 4.09. The predicted molar refractivity (Wildman–Crippen MR) is 71.7 cm³/mol. The molecule has 0 spiro atoms. The van der Waals surface area contributed by atoms with Gasteiger partial charge in [-0.2, -0.15) is 0 Å². The van der Waals surface area contributed by atoms with Gasteiger partial charge < -0.3 is 15.4 Å². The van der Waals surface area contributed by atoms with Gasteiger partial charge in [-0.1, -0.05) is 30.3 Å². The zero-order valence-electron chi connectivity index (χ0n) is 10.3. The summed E-state index contributed by atoms with van der Waals surface area (Å²) in [4.78, 5) is 13.1. The molecule has 0 aromatic heterocycles. The van der Waals surface area contributed by atoms with Crippen molar-refractivity contribution in [3.63, 3.8) is 0 Å². The first-order valence-electron chi connectivity index (χ1n) is 5.82. The third-order valence-electron chi connectivity index (χ3n) is 2.70. The molecule has 2 aromatic rings. The zero-order chi connectivity index (χ0) is 13.0. The van der Waals surface area contributed by atoms with E-state index in [-0.39, 0.29) is 0 Å². The van der Waals surface area contributed by atoms with Gasteiger partial charge in [0, 0.05) is 20.1 Å². The molecule has 0 fully saturated rings. The maximum Gasteiger partial charge on any atom is 0.415 e. The summed E-state index contributed by atoms with van der Waals surface area (Å²) in [5.41, 5.74) is 5.39. The Morgan fingerprint density at radius 3 is 2.67 bits per heavy atom. The van der Waals surface area contributed by atoms with E-state index in [2.05, 4.69) is 0 Å². The molecule has 2 aromatic carbocycles. The molecule has 0 unspecified atom stereocenters. The Kier molecular flexibility index (Phi) is 3.79. The van der Waals surface area contributed by atoms with Crippen LogP contribution in [-0.4, -0.2) is 31.1 Å². The van der Waals surface area contributed by atoms with Crippen LogP contribution in [0.15, 0.2) is 42.5 Å². The average Bonchev–Trinajstić information content (AvgIpc) is 2.39. The van der Waals surface area contributed by atoms with Crippen molar-refractivity contribution in [2.45, 2.75) is 0 Å². The molecule has 0 heterocycles. The van der Waals surface area contributed by atoms with E-state index in [4.69, 9.17) is 10.5 Å². The summed E-state index contributed by atoms with van der Waals surface area (Å²) in [6.07, 6.45) is -0.393. The lowest BCUT2D eigenvalue weighted by atomic mass is 10.1. The number of ether oxygens (including phenoxy) is 1. The lowest BCUT2D eigenvalue weighted by Gasteiger charge is -2.15. The number of rotatable bonds is 3. The first-order chi connectivity index (χ1) is 8.70. The highest BCUT2D eigenvalue weighted by Gasteiger charge is 2.10. The molecule has 0 aliphatic carbocycles. The average molecular weight is 244 g/mol. The Morgan fingerprint density at radius 1 is 1.22 bits per heavy atom. The van der Waals surface area contributed by atoms with Gasteiger partial charge in [-0.3, -0.25) is 0 Å². The smallest absolute Gasteiger partial charge is 0.410 e. The Hall–Kier alpha value is -2.07. The van der Waals surface area contributed by atoms with Gasteiger partial charge in [-0.05, 0) is 22.9 Å². The fourth-order valence-electron chi connectivity index (χ4n) is 1.69. The maximum absolute atomic E-state index is 11.7. The first-order valence-corrected chi connectivity index (χ1v) is 5.82. The summed E-state index contributed by atoms with van der Waals surface area (Å²) in [6.45, 7) is 0.899. The van der Waals surface area contributed by atoms with Gasteiger partial charge in [0.05, 0.1) is 0 Å². The molecular weight excluding hydrogens is 228 g/mol. The summed E-state index contributed by atoms with van der Waals surface area (Å²) in [7, 11) is 1.66. The molecule has 0 aliphatic rings. The lowest BCUT2D eigenvalue weighted by Crippen LogP contribution is -2.33. The molecular formula is C14H16N2O2. The molecule has 0 atom stereocenters. The van der Waals surface area contributed by atoms with Crippen molar-refractivity contribution in [1.82, 2.24) is 4.90 Å². The molecule has 2 rings (SSSR count). The van der Waals surface area contributed by atoms with Crippen molar-refractivity contribution < 1.29 is 9.53 Å². The number of benzene rings is 2. The quantitative estimate of drug-likeness (QED) is 0.900. The molecule has 18 heavy (non-hydrogen) atoms. The molecule has 4 nitrogen and oxygen atoms in total. The van der Waals surface area contributed by atoms with Gasteiger partial charge in [0.1, 0.15) is 5.75 Å². The molecule has 1 amide bonds. The van der Waals surface area contributed by atoms with E-state index in [9.17, 15) is 4.79 Å². The van der Waals surface area contributed by atoms with Crippen molar-refractivity contribution in [2.75, 3.05) is 20.1 Å². The number of amides is 1. The van der Waals surface area contributed by atoms with E-state index < -0.39 is 6.09 Å². The molecule has 4 heteroatoms. The number of fused-ring (bicyclic) bond motifs is 1. The van der Waals surface area contributed by atoms with Crippen molar-refractivity contribution in [1.29, 1.82) is 0 Å². The van der Waals surface area contributed by atoms with Crippen LogP contribution in [0.1, 0.15) is 0 Å². The van der Waals surface area contributed by atoms with Gasteiger partial charge in [0.15, 0.2) is 0 Å². The molecule has 0 saturated heterocycles. The van der Waals surface area contributed by atoms with Crippen molar-refractivity contribution in [3.8, 4) is 5.75 Å². The van der Waals surface area contributed by atoms with Gasteiger partial charge in [-0.15, -0.1) is 0 Å².